The first kappa shape index (κ1) is 36.1. The van der Waals surface area contributed by atoms with Crippen molar-refractivity contribution in [2.45, 2.75) is 50.2 Å². The Morgan fingerprint density at radius 1 is 0.872 bits per heavy atom. The van der Waals surface area contributed by atoms with Crippen LogP contribution in [-0.2, 0) is 32.6 Å². The summed E-state index contributed by atoms with van der Waals surface area (Å²) < 4.78 is 35.0. The lowest BCUT2D eigenvalue weighted by Gasteiger charge is -2.34. The van der Waals surface area contributed by atoms with Crippen LogP contribution in [0.3, 0.4) is 0 Å². The van der Waals surface area contributed by atoms with Crippen LogP contribution in [0, 0.1) is 0 Å². The fourth-order valence-corrected chi connectivity index (χ4v) is 6.99. The number of rotatable bonds is 14. The number of benzene rings is 4. The lowest BCUT2D eigenvalue weighted by Crippen LogP contribution is -2.54. The molecule has 0 heterocycles. The van der Waals surface area contributed by atoms with Gasteiger partial charge in [-0.25, -0.2) is 8.42 Å². The quantitative estimate of drug-likeness (QED) is 0.147. The number of hydrogen-bond donors (Lipinski definition) is 1. The summed E-state index contributed by atoms with van der Waals surface area (Å²) in [7, 11) is -2.95. The highest BCUT2D eigenvalue weighted by Gasteiger charge is 2.36. The zero-order valence-electron chi connectivity index (χ0n) is 26.2. The molecule has 0 saturated carbocycles. The maximum absolute atomic E-state index is 14.7. The van der Waals surface area contributed by atoms with E-state index in [2.05, 4.69) is 5.32 Å². The Kier molecular flexibility index (Phi) is 12.6. The van der Waals surface area contributed by atoms with Gasteiger partial charge in [0.15, 0.2) is 0 Å². The number of ether oxygens (including phenoxy) is 1. The molecule has 8 nitrogen and oxygen atoms in total. The summed E-state index contributed by atoms with van der Waals surface area (Å²) in [5.41, 5.74) is 1.39. The van der Waals surface area contributed by atoms with E-state index >= 15 is 0 Å². The molecule has 4 aromatic rings. The number of hydrogen-bond acceptors (Lipinski definition) is 5. The van der Waals surface area contributed by atoms with E-state index in [9.17, 15) is 18.0 Å². The van der Waals surface area contributed by atoms with Crippen LogP contribution in [-0.4, -0.2) is 50.9 Å². The van der Waals surface area contributed by atoms with Crippen LogP contribution in [0.5, 0.6) is 5.75 Å². The molecule has 2 amide bonds. The number of halogens is 3. The highest BCUT2D eigenvalue weighted by molar-refractivity contribution is 7.92. The maximum atomic E-state index is 14.7. The van der Waals surface area contributed by atoms with Crippen LogP contribution >= 0.6 is 34.8 Å². The average Bonchev–Trinajstić information content (AvgIpc) is 3.06. The second-order valence-electron chi connectivity index (χ2n) is 10.9. The third-order valence-corrected chi connectivity index (χ3v) is 10.2. The molecule has 0 spiro atoms. The van der Waals surface area contributed by atoms with E-state index in [-0.39, 0.29) is 46.3 Å². The van der Waals surface area contributed by atoms with Gasteiger partial charge in [-0.2, -0.15) is 0 Å². The van der Waals surface area contributed by atoms with Crippen LogP contribution in [0.25, 0.3) is 0 Å². The number of amides is 2. The van der Waals surface area contributed by atoms with E-state index in [0.717, 1.165) is 9.87 Å². The fourth-order valence-electron chi connectivity index (χ4n) is 4.92. The van der Waals surface area contributed by atoms with Crippen molar-refractivity contribution in [3.05, 3.63) is 123 Å². The maximum Gasteiger partial charge on any atom is 0.264 e. The molecule has 0 aliphatic rings. The summed E-state index contributed by atoms with van der Waals surface area (Å²) in [4.78, 5) is 30.0. The normalized spacial score (nSPS) is 12.6. The van der Waals surface area contributed by atoms with Gasteiger partial charge in [0.2, 0.25) is 11.8 Å². The molecule has 4 rings (SSSR count). The predicted molar refractivity (Wildman–Crippen MR) is 188 cm³/mol. The Balaban J connectivity index is 1.87. The van der Waals surface area contributed by atoms with E-state index in [4.69, 9.17) is 39.5 Å². The highest BCUT2D eigenvalue weighted by Crippen LogP contribution is 2.35. The van der Waals surface area contributed by atoms with Crippen molar-refractivity contribution in [2.24, 2.45) is 0 Å². The van der Waals surface area contributed by atoms with E-state index in [1.54, 1.807) is 42.5 Å². The van der Waals surface area contributed by atoms with Gasteiger partial charge in [0.1, 0.15) is 18.3 Å². The molecule has 0 fully saturated rings. The Bertz CT molecular complexity index is 1790. The molecule has 0 aliphatic heterocycles. The van der Waals surface area contributed by atoms with E-state index in [1.165, 1.54) is 36.3 Å². The molecule has 47 heavy (non-hydrogen) atoms. The zero-order valence-corrected chi connectivity index (χ0v) is 29.3. The molecule has 2 unspecified atom stereocenters. The molecule has 4 aromatic carbocycles. The van der Waals surface area contributed by atoms with Gasteiger partial charge in [-0.15, -0.1) is 0 Å². The minimum atomic E-state index is -4.34. The first-order valence-electron chi connectivity index (χ1n) is 14.9. The monoisotopic (exact) mass is 715 g/mol. The summed E-state index contributed by atoms with van der Waals surface area (Å²) in [6.45, 7) is 3.03. The minimum absolute atomic E-state index is 0.0440. The number of nitrogens with one attached hydrogen (secondary N) is 1. The lowest BCUT2D eigenvalue weighted by molar-refractivity contribution is -0.140. The number of anilines is 1. The van der Waals surface area contributed by atoms with Crippen LogP contribution in [0.15, 0.2) is 102 Å². The Hall–Kier alpha value is -3.76. The molecule has 0 aliphatic carbocycles. The second kappa shape index (κ2) is 16.4. The third kappa shape index (κ3) is 9.20. The van der Waals surface area contributed by atoms with E-state index < -0.39 is 28.5 Å². The van der Waals surface area contributed by atoms with Crippen LogP contribution in [0.4, 0.5) is 5.69 Å². The standard InChI is InChI=1S/C35H36Cl3N3O5S/c1-4-24(2)39-35(43)32(19-25-11-7-5-8-12-25)40(22-26-15-16-27(36)20-30(26)38)34(42)23-41(31-21-28(37)17-18-33(31)46-3)47(44,45)29-13-9-6-10-14-29/h5-18,20-21,24,32H,4,19,22-23H2,1-3H3,(H,39,43). The lowest BCUT2D eigenvalue weighted by atomic mass is 10.0. The largest absolute Gasteiger partial charge is 0.495 e. The number of nitrogens with zero attached hydrogens (tertiary/aromatic N) is 2. The number of methoxy groups -OCH3 is 1. The second-order valence-corrected chi connectivity index (χ2v) is 14.1. The van der Waals surface area contributed by atoms with Crippen molar-refractivity contribution in [2.75, 3.05) is 18.0 Å². The minimum Gasteiger partial charge on any atom is -0.495 e. The van der Waals surface area contributed by atoms with Gasteiger partial charge >= 0.3 is 0 Å². The number of carbonyl (C=O) groups excluding carboxylic acids is 2. The van der Waals surface area contributed by atoms with Gasteiger partial charge < -0.3 is 15.0 Å². The molecule has 248 valence electrons. The Morgan fingerprint density at radius 2 is 1.49 bits per heavy atom. The van der Waals surface area contributed by atoms with Crippen LogP contribution < -0.4 is 14.4 Å². The first-order chi connectivity index (χ1) is 22.4. The Morgan fingerprint density at radius 3 is 2.11 bits per heavy atom. The first-order valence-corrected chi connectivity index (χ1v) is 17.5. The summed E-state index contributed by atoms with van der Waals surface area (Å²) >= 11 is 19.1. The zero-order chi connectivity index (χ0) is 34.1. The molecule has 2 atom stereocenters. The average molecular weight is 717 g/mol. The van der Waals surface area contributed by atoms with Crippen molar-refractivity contribution >= 4 is 62.3 Å². The summed E-state index contributed by atoms with van der Waals surface area (Å²) in [6.07, 6.45) is 0.824. The molecule has 0 bridgehead atoms. The van der Waals surface area contributed by atoms with Gasteiger partial charge in [0.05, 0.1) is 17.7 Å². The van der Waals surface area contributed by atoms with Crippen molar-refractivity contribution in [1.82, 2.24) is 10.2 Å². The van der Waals surface area contributed by atoms with Gasteiger partial charge in [-0.3, -0.25) is 13.9 Å². The number of sulfonamides is 1. The number of carbonyl (C=O) groups is 2. The topological polar surface area (TPSA) is 96.0 Å². The molecule has 0 radical (unpaired) electrons. The summed E-state index contributed by atoms with van der Waals surface area (Å²) in [5.74, 6) is -0.860. The van der Waals surface area contributed by atoms with Crippen molar-refractivity contribution in [3.63, 3.8) is 0 Å². The molecular formula is C35H36Cl3N3O5S. The fraction of sp³-hybridized carbons (Fsp3) is 0.257. The molecule has 0 aromatic heterocycles. The van der Waals surface area contributed by atoms with Crippen LogP contribution in [0.2, 0.25) is 15.1 Å². The van der Waals surface area contributed by atoms with Crippen molar-refractivity contribution in [3.8, 4) is 5.75 Å². The molecular weight excluding hydrogens is 681 g/mol. The van der Waals surface area contributed by atoms with Crippen molar-refractivity contribution < 1.29 is 22.7 Å². The summed E-state index contributed by atoms with van der Waals surface area (Å²) in [5, 5.41) is 3.94. The van der Waals surface area contributed by atoms with Gasteiger partial charge in [0.25, 0.3) is 10.0 Å². The Labute approximate surface area is 291 Å². The third-order valence-electron chi connectivity index (χ3n) is 7.65. The van der Waals surface area contributed by atoms with Crippen molar-refractivity contribution in [1.29, 1.82) is 0 Å². The van der Waals surface area contributed by atoms with E-state index in [0.29, 0.717) is 22.0 Å². The van der Waals surface area contributed by atoms with Crippen LogP contribution in [0.1, 0.15) is 31.4 Å². The highest BCUT2D eigenvalue weighted by atomic mass is 35.5. The predicted octanol–water partition coefficient (Wildman–Crippen LogP) is 7.41. The summed E-state index contributed by atoms with van der Waals surface area (Å²) in [6, 6.07) is 25.2. The molecule has 0 saturated heterocycles. The van der Waals surface area contributed by atoms with Gasteiger partial charge in [0, 0.05) is 34.1 Å². The van der Waals surface area contributed by atoms with E-state index in [1.807, 2.05) is 44.2 Å². The van der Waals surface area contributed by atoms with Gasteiger partial charge in [-0.1, -0.05) is 96.3 Å². The smallest absolute Gasteiger partial charge is 0.264 e. The van der Waals surface area contributed by atoms with Gasteiger partial charge in [-0.05, 0) is 66.9 Å². The molecule has 12 heteroatoms. The molecule has 1 N–H and O–H groups in total. The SMILES string of the molecule is CCC(C)NC(=O)C(Cc1ccccc1)N(Cc1ccc(Cl)cc1Cl)C(=O)CN(c1cc(Cl)ccc1OC)S(=O)(=O)c1ccccc1.